The van der Waals surface area contributed by atoms with Gasteiger partial charge in [-0.25, -0.2) is 0 Å². The summed E-state index contributed by atoms with van der Waals surface area (Å²) >= 11 is 3.48. The third-order valence-electron chi connectivity index (χ3n) is 5.61. The number of ether oxygens (including phenoxy) is 1. The van der Waals surface area contributed by atoms with Crippen LogP contribution < -0.4 is 0 Å². The van der Waals surface area contributed by atoms with Gasteiger partial charge in [-0.15, -0.1) is 22.7 Å². The zero-order chi connectivity index (χ0) is 19.5. The van der Waals surface area contributed by atoms with Crippen LogP contribution in [0.25, 0.3) is 0 Å². The highest BCUT2D eigenvalue weighted by atomic mass is 32.1. The van der Waals surface area contributed by atoms with Gasteiger partial charge in [0, 0.05) is 16.3 Å². The topological polar surface area (TPSA) is 49.9 Å². The van der Waals surface area contributed by atoms with Crippen LogP contribution in [-0.4, -0.2) is 54.0 Å². The van der Waals surface area contributed by atoms with Crippen molar-refractivity contribution in [1.82, 2.24) is 9.80 Å². The number of piperidine rings is 1. The third-order valence-corrected chi connectivity index (χ3v) is 7.53. The van der Waals surface area contributed by atoms with E-state index in [-0.39, 0.29) is 30.5 Å². The Morgan fingerprint density at radius 1 is 1.18 bits per heavy atom. The normalized spacial score (nSPS) is 22.7. The molecule has 2 atom stereocenters. The Labute approximate surface area is 173 Å². The van der Waals surface area contributed by atoms with E-state index in [0.717, 1.165) is 38.8 Å². The van der Waals surface area contributed by atoms with Crippen LogP contribution in [0, 0.1) is 0 Å². The molecule has 1 saturated heterocycles. The zero-order valence-electron chi connectivity index (χ0n) is 16.1. The molecule has 7 heteroatoms. The number of amides is 1. The standard InChI is InChI=1S/C21H26N2O3S2/c1-2-26-21(25)16-6-3-4-10-22(16)14-19(24)23-11-8-17-15(9-13-28-17)20(23)18-7-5-12-27-18/h5,7,9,12-13,16,20H,2-4,6,8,10-11,14H2,1H3/t16-,20+/m1/s1. The average Bonchev–Trinajstić information content (AvgIpc) is 3.39. The van der Waals surface area contributed by atoms with E-state index in [9.17, 15) is 9.59 Å². The van der Waals surface area contributed by atoms with Gasteiger partial charge in [0.25, 0.3) is 0 Å². The molecule has 150 valence electrons. The van der Waals surface area contributed by atoms with Gasteiger partial charge in [-0.2, -0.15) is 0 Å². The lowest BCUT2D eigenvalue weighted by atomic mass is 9.98. The van der Waals surface area contributed by atoms with Crippen molar-refractivity contribution >= 4 is 34.6 Å². The molecule has 0 aliphatic carbocycles. The second-order valence-corrected chi connectivity index (χ2v) is 9.27. The molecule has 0 aromatic carbocycles. The zero-order valence-corrected chi connectivity index (χ0v) is 17.8. The number of likely N-dealkylation sites (tertiary alicyclic amines) is 1. The van der Waals surface area contributed by atoms with Crippen molar-refractivity contribution in [2.75, 3.05) is 26.2 Å². The largest absolute Gasteiger partial charge is 0.465 e. The van der Waals surface area contributed by atoms with Crippen molar-refractivity contribution in [1.29, 1.82) is 0 Å². The molecule has 0 bridgehead atoms. The first-order valence-electron chi connectivity index (χ1n) is 9.99. The van der Waals surface area contributed by atoms with E-state index in [1.807, 2.05) is 22.8 Å². The minimum Gasteiger partial charge on any atom is -0.465 e. The van der Waals surface area contributed by atoms with E-state index in [0.29, 0.717) is 6.61 Å². The van der Waals surface area contributed by atoms with E-state index in [1.54, 1.807) is 22.7 Å². The van der Waals surface area contributed by atoms with Crippen LogP contribution in [0.4, 0.5) is 0 Å². The molecule has 0 N–H and O–H groups in total. The molecule has 2 aliphatic rings. The smallest absolute Gasteiger partial charge is 0.323 e. The van der Waals surface area contributed by atoms with E-state index in [1.165, 1.54) is 15.3 Å². The number of rotatable bonds is 5. The number of nitrogens with zero attached hydrogens (tertiary/aromatic N) is 2. The Hall–Kier alpha value is -1.70. The molecule has 1 fully saturated rings. The van der Waals surface area contributed by atoms with Gasteiger partial charge in [0.15, 0.2) is 0 Å². The number of esters is 1. The Bertz CT molecular complexity index is 817. The van der Waals surface area contributed by atoms with Crippen molar-refractivity contribution in [2.24, 2.45) is 0 Å². The molecule has 28 heavy (non-hydrogen) atoms. The first kappa shape index (κ1) is 19.6. The number of hydrogen-bond acceptors (Lipinski definition) is 6. The van der Waals surface area contributed by atoms with Gasteiger partial charge >= 0.3 is 5.97 Å². The molecule has 0 spiro atoms. The van der Waals surface area contributed by atoms with Gasteiger partial charge in [0.1, 0.15) is 6.04 Å². The van der Waals surface area contributed by atoms with E-state index < -0.39 is 0 Å². The summed E-state index contributed by atoms with van der Waals surface area (Å²) in [6.45, 7) is 3.99. The predicted molar refractivity (Wildman–Crippen MR) is 112 cm³/mol. The van der Waals surface area contributed by atoms with Crippen LogP contribution in [0.3, 0.4) is 0 Å². The maximum Gasteiger partial charge on any atom is 0.323 e. The fourth-order valence-electron chi connectivity index (χ4n) is 4.29. The number of thiophene rings is 2. The van der Waals surface area contributed by atoms with Crippen molar-refractivity contribution < 1.29 is 14.3 Å². The van der Waals surface area contributed by atoms with Gasteiger partial charge in [0.05, 0.1) is 19.2 Å². The molecule has 0 saturated carbocycles. The summed E-state index contributed by atoms with van der Waals surface area (Å²) in [5, 5.41) is 4.20. The molecule has 2 aromatic heterocycles. The van der Waals surface area contributed by atoms with Crippen LogP contribution in [0.2, 0.25) is 0 Å². The summed E-state index contributed by atoms with van der Waals surface area (Å²) < 4.78 is 5.25. The fourth-order valence-corrected chi connectivity index (χ4v) is 6.05. The molecule has 2 aliphatic heterocycles. The van der Waals surface area contributed by atoms with E-state index in [4.69, 9.17) is 4.74 Å². The van der Waals surface area contributed by atoms with Gasteiger partial charge < -0.3 is 9.64 Å². The molecular formula is C21H26N2O3S2. The van der Waals surface area contributed by atoms with E-state index in [2.05, 4.69) is 22.9 Å². The summed E-state index contributed by atoms with van der Waals surface area (Å²) in [4.78, 5) is 32.3. The molecule has 4 rings (SSSR count). The summed E-state index contributed by atoms with van der Waals surface area (Å²) in [5.41, 5.74) is 1.26. The maximum atomic E-state index is 13.4. The molecule has 4 heterocycles. The fraction of sp³-hybridized carbons (Fsp3) is 0.524. The second-order valence-electron chi connectivity index (χ2n) is 7.29. The lowest BCUT2D eigenvalue weighted by Crippen LogP contribution is -2.51. The molecule has 2 aromatic rings. The Kier molecular flexibility index (Phi) is 6.13. The van der Waals surface area contributed by atoms with Gasteiger partial charge in [-0.3, -0.25) is 14.5 Å². The number of fused-ring (bicyclic) bond motifs is 1. The van der Waals surface area contributed by atoms with Crippen molar-refractivity contribution in [3.8, 4) is 0 Å². The molecule has 5 nitrogen and oxygen atoms in total. The van der Waals surface area contributed by atoms with Crippen molar-refractivity contribution in [3.05, 3.63) is 44.3 Å². The first-order chi connectivity index (χ1) is 13.7. The maximum absolute atomic E-state index is 13.4. The average molecular weight is 419 g/mol. The predicted octanol–water partition coefficient (Wildman–Crippen LogP) is 3.70. The molecule has 0 unspecified atom stereocenters. The Morgan fingerprint density at radius 2 is 2.07 bits per heavy atom. The van der Waals surface area contributed by atoms with Crippen LogP contribution in [0.5, 0.6) is 0 Å². The summed E-state index contributed by atoms with van der Waals surface area (Å²) in [7, 11) is 0. The Morgan fingerprint density at radius 3 is 2.86 bits per heavy atom. The van der Waals surface area contributed by atoms with Crippen LogP contribution >= 0.6 is 22.7 Å². The van der Waals surface area contributed by atoms with Gasteiger partial charge in [-0.1, -0.05) is 12.5 Å². The number of carbonyl (C=O) groups is 2. The molecule has 1 amide bonds. The minimum absolute atomic E-state index is 0.00617. The highest BCUT2D eigenvalue weighted by molar-refractivity contribution is 7.10. The van der Waals surface area contributed by atoms with Gasteiger partial charge in [0.2, 0.25) is 5.91 Å². The van der Waals surface area contributed by atoms with Crippen LogP contribution in [0.15, 0.2) is 29.0 Å². The first-order valence-corrected chi connectivity index (χ1v) is 11.7. The minimum atomic E-state index is -0.292. The quantitative estimate of drug-likeness (QED) is 0.695. The van der Waals surface area contributed by atoms with Crippen LogP contribution in [0.1, 0.15) is 47.5 Å². The summed E-state index contributed by atoms with van der Waals surface area (Å²) in [5.74, 6) is -0.0879. The van der Waals surface area contributed by atoms with Crippen molar-refractivity contribution in [2.45, 2.75) is 44.7 Å². The van der Waals surface area contributed by atoms with E-state index >= 15 is 0 Å². The molecular weight excluding hydrogens is 392 g/mol. The highest BCUT2D eigenvalue weighted by Gasteiger charge is 2.36. The Balaban J connectivity index is 1.54. The lowest BCUT2D eigenvalue weighted by molar-refractivity contribution is -0.152. The summed E-state index contributed by atoms with van der Waals surface area (Å²) in [6, 6.07) is 6.02. The monoisotopic (exact) mass is 418 g/mol. The van der Waals surface area contributed by atoms with Gasteiger partial charge in [-0.05, 0) is 61.2 Å². The third kappa shape index (κ3) is 3.88. The van der Waals surface area contributed by atoms with Crippen molar-refractivity contribution in [3.63, 3.8) is 0 Å². The number of carbonyl (C=O) groups excluding carboxylic acids is 2. The van der Waals surface area contributed by atoms with Crippen LogP contribution in [-0.2, 0) is 20.7 Å². The highest BCUT2D eigenvalue weighted by Crippen LogP contribution is 2.39. The summed E-state index contributed by atoms with van der Waals surface area (Å²) in [6.07, 6.45) is 3.71. The molecule has 0 radical (unpaired) electrons. The number of hydrogen-bond donors (Lipinski definition) is 0. The lowest BCUT2D eigenvalue weighted by Gasteiger charge is -2.39. The second kappa shape index (κ2) is 8.76. The SMILES string of the molecule is CCOC(=O)[C@H]1CCCCN1CC(=O)N1CCc2sccc2[C@H]1c1cccs1.